The van der Waals surface area contributed by atoms with E-state index in [1.54, 1.807) is 18.2 Å². The van der Waals surface area contributed by atoms with E-state index in [4.69, 9.17) is 26.4 Å². The number of rotatable bonds is 11. The summed E-state index contributed by atoms with van der Waals surface area (Å²) in [5.41, 5.74) is 1.10. The molecule has 34 heavy (non-hydrogen) atoms. The van der Waals surface area contributed by atoms with Gasteiger partial charge in [0.15, 0.2) is 5.11 Å². The third kappa shape index (κ3) is 8.35. The molecule has 3 aromatic rings. The van der Waals surface area contributed by atoms with Crippen LogP contribution < -0.4 is 24.8 Å². The maximum Gasteiger partial charge on any atom is 0.261 e. The number of unbranched alkanes of at least 4 members (excludes halogenated alkanes) is 1. The molecule has 0 saturated heterocycles. The van der Waals surface area contributed by atoms with Crippen molar-refractivity contribution in [3.8, 4) is 17.2 Å². The van der Waals surface area contributed by atoms with Crippen molar-refractivity contribution < 1.29 is 19.0 Å². The van der Waals surface area contributed by atoms with Gasteiger partial charge < -0.3 is 19.5 Å². The van der Waals surface area contributed by atoms with Gasteiger partial charge in [-0.15, -0.1) is 0 Å². The topological polar surface area (TPSA) is 68.8 Å². The van der Waals surface area contributed by atoms with Crippen LogP contribution in [0.25, 0.3) is 0 Å². The van der Waals surface area contributed by atoms with Crippen molar-refractivity contribution in [2.75, 3.05) is 25.1 Å². The molecule has 3 rings (SSSR count). The lowest BCUT2D eigenvalue weighted by atomic mass is 10.2. The van der Waals surface area contributed by atoms with Gasteiger partial charge in [0.25, 0.3) is 5.91 Å². The molecule has 178 valence electrons. The smallest absolute Gasteiger partial charge is 0.261 e. The number of halogens is 1. The van der Waals surface area contributed by atoms with Crippen LogP contribution >= 0.6 is 28.1 Å². The van der Waals surface area contributed by atoms with Gasteiger partial charge in [-0.1, -0.05) is 53.5 Å². The van der Waals surface area contributed by atoms with Gasteiger partial charge in [0.1, 0.15) is 30.5 Å². The highest BCUT2D eigenvalue weighted by molar-refractivity contribution is 9.10. The Morgan fingerprint density at radius 2 is 1.62 bits per heavy atom. The largest absolute Gasteiger partial charge is 0.493 e. The molecule has 0 radical (unpaired) electrons. The van der Waals surface area contributed by atoms with Crippen LogP contribution in [0.3, 0.4) is 0 Å². The second-order valence-corrected chi connectivity index (χ2v) is 8.61. The fourth-order valence-corrected chi connectivity index (χ4v) is 3.54. The number of thiocarbonyl (C=S) groups is 1. The molecule has 0 atom stereocenters. The first-order chi connectivity index (χ1) is 16.5. The summed E-state index contributed by atoms with van der Waals surface area (Å²) in [5, 5.41) is 5.91. The minimum Gasteiger partial charge on any atom is -0.493 e. The number of carbonyl (C=O) groups is 1. The number of amides is 1. The van der Waals surface area contributed by atoms with E-state index in [9.17, 15) is 4.79 Å². The highest BCUT2D eigenvalue weighted by Crippen LogP contribution is 2.24. The lowest BCUT2D eigenvalue weighted by molar-refractivity contribution is 0.0973. The second kappa shape index (κ2) is 13.6. The van der Waals surface area contributed by atoms with Crippen LogP contribution in [0.4, 0.5) is 5.69 Å². The molecule has 0 aliphatic heterocycles. The highest BCUT2D eigenvalue weighted by atomic mass is 79.9. The number of benzene rings is 3. The quantitative estimate of drug-likeness (QED) is 0.221. The zero-order valence-corrected chi connectivity index (χ0v) is 21.3. The fraction of sp³-hybridized carbons (Fsp3) is 0.231. The van der Waals surface area contributed by atoms with E-state index in [1.807, 2.05) is 54.6 Å². The molecular formula is C26H27BrN2O4S. The Bertz CT molecular complexity index is 1100. The molecule has 3 aromatic carbocycles. The number of nitrogens with one attached hydrogen (secondary N) is 2. The molecule has 0 fully saturated rings. The highest BCUT2D eigenvalue weighted by Gasteiger charge is 2.15. The summed E-state index contributed by atoms with van der Waals surface area (Å²) in [7, 11) is 0. The molecule has 6 nitrogen and oxygen atoms in total. The first kappa shape index (κ1) is 25.5. The van der Waals surface area contributed by atoms with E-state index in [1.165, 1.54) is 0 Å². The van der Waals surface area contributed by atoms with E-state index >= 15 is 0 Å². The minimum atomic E-state index is -0.351. The molecule has 0 spiro atoms. The summed E-state index contributed by atoms with van der Waals surface area (Å²) in [6, 6.07) is 22.2. The number of hydrogen-bond donors (Lipinski definition) is 2. The van der Waals surface area contributed by atoms with Crippen LogP contribution in [0.5, 0.6) is 17.2 Å². The van der Waals surface area contributed by atoms with Crippen LogP contribution in [0.2, 0.25) is 0 Å². The maximum absolute atomic E-state index is 12.8. The van der Waals surface area contributed by atoms with Gasteiger partial charge in [0.2, 0.25) is 0 Å². The van der Waals surface area contributed by atoms with E-state index in [2.05, 4.69) is 33.5 Å². The second-order valence-electron chi connectivity index (χ2n) is 7.29. The molecule has 0 bridgehead atoms. The normalized spacial score (nSPS) is 10.3. The zero-order valence-electron chi connectivity index (χ0n) is 18.9. The average molecular weight is 543 g/mol. The van der Waals surface area contributed by atoms with Gasteiger partial charge >= 0.3 is 0 Å². The van der Waals surface area contributed by atoms with Gasteiger partial charge in [-0.3, -0.25) is 10.1 Å². The molecule has 0 aliphatic carbocycles. The summed E-state index contributed by atoms with van der Waals surface area (Å²) >= 11 is 8.75. The first-order valence-electron chi connectivity index (χ1n) is 11.0. The van der Waals surface area contributed by atoms with Gasteiger partial charge in [0, 0.05) is 16.2 Å². The summed E-state index contributed by atoms with van der Waals surface area (Å²) in [4.78, 5) is 12.8. The van der Waals surface area contributed by atoms with Gasteiger partial charge in [0.05, 0.1) is 12.2 Å². The van der Waals surface area contributed by atoms with E-state index in [0.717, 1.165) is 23.1 Å². The van der Waals surface area contributed by atoms with Crippen LogP contribution in [-0.2, 0) is 0 Å². The number of anilines is 1. The lowest BCUT2D eigenvalue weighted by Crippen LogP contribution is -2.34. The van der Waals surface area contributed by atoms with Crippen molar-refractivity contribution in [3.05, 3.63) is 82.8 Å². The van der Waals surface area contributed by atoms with Gasteiger partial charge in [-0.05, 0) is 61.1 Å². The van der Waals surface area contributed by atoms with Crippen molar-refractivity contribution in [2.24, 2.45) is 0 Å². The summed E-state index contributed by atoms with van der Waals surface area (Å²) in [6.07, 6.45) is 1.92. The Morgan fingerprint density at radius 3 is 2.38 bits per heavy atom. The molecule has 0 unspecified atom stereocenters. The average Bonchev–Trinajstić information content (AvgIpc) is 2.83. The van der Waals surface area contributed by atoms with Crippen molar-refractivity contribution in [1.82, 2.24) is 5.32 Å². The van der Waals surface area contributed by atoms with Crippen LogP contribution in [-0.4, -0.2) is 30.8 Å². The molecule has 0 heterocycles. The Kier molecular flexibility index (Phi) is 10.2. The van der Waals surface area contributed by atoms with Crippen molar-refractivity contribution in [2.45, 2.75) is 19.8 Å². The molecule has 0 aliphatic rings. The maximum atomic E-state index is 12.8. The number of para-hydroxylation sites is 1. The first-order valence-corrected chi connectivity index (χ1v) is 12.2. The van der Waals surface area contributed by atoms with E-state index in [-0.39, 0.29) is 11.0 Å². The summed E-state index contributed by atoms with van der Waals surface area (Å²) in [5.74, 6) is 1.63. The zero-order chi connectivity index (χ0) is 24.2. The van der Waals surface area contributed by atoms with Crippen molar-refractivity contribution in [3.63, 3.8) is 0 Å². The third-order valence-corrected chi connectivity index (χ3v) is 5.32. The molecular weight excluding hydrogens is 516 g/mol. The third-order valence-electron chi connectivity index (χ3n) is 4.62. The van der Waals surface area contributed by atoms with Gasteiger partial charge in [-0.2, -0.15) is 0 Å². The SMILES string of the molecule is CCCCOc1ccc(Br)cc1C(=O)NC(=S)Nc1cccc(OCCOc2ccccc2)c1. The predicted octanol–water partition coefficient (Wildman–Crippen LogP) is 6.21. The van der Waals surface area contributed by atoms with Crippen LogP contribution in [0.1, 0.15) is 30.1 Å². The summed E-state index contributed by atoms with van der Waals surface area (Å²) < 4.78 is 17.9. The Labute approximate surface area is 213 Å². The fourth-order valence-electron chi connectivity index (χ4n) is 2.96. The monoisotopic (exact) mass is 542 g/mol. The lowest BCUT2D eigenvalue weighted by Gasteiger charge is -2.14. The molecule has 8 heteroatoms. The molecule has 1 amide bonds. The number of ether oxygens (including phenoxy) is 3. The number of hydrogen-bond acceptors (Lipinski definition) is 5. The van der Waals surface area contributed by atoms with E-state index < -0.39 is 0 Å². The minimum absolute atomic E-state index is 0.175. The predicted molar refractivity (Wildman–Crippen MR) is 142 cm³/mol. The summed E-state index contributed by atoms with van der Waals surface area (Å²) in [6.45, 7) is 3.44. The van der Waals surface area contributed by atoms with E-state index in [0.29, 0.717) is 42.6 Å². The number of carbonyl (C=O) groups excluding carboxylic acids is 1. The Hall–Kier alpha value is -3.10. The molecule has 0 saturated carbocycles. The molecule has 0 aromatic heterocycles. The standard InChI is InChI=1S/C26H27BrN2O4S/c1-2-3-14-33-24-13-12-19(27)17-23(24)25(30)29-26(34)28-20-8-7-11-22(18-20)32-16-15-31-21-9-5-4-6-10-21/h4-13,17-18H,2-3,14-16H2,1H3,(H2,28,29,30,34). The molecule has 2 N–H and O–H groups in total. The van der Waals surface area contributed by atoms with Crippen LogP contribution in [0.15, 0.2) is 77.3 Å². The Balaban J connectivity index is 1.52. The Morgan fingerprint density at radius 1 is 0.882 bits per heavy atom. The van der Waals surface area contributed by atoms with Crippen molar-refractivity contribution >= 4 is 44.9 Å². The van der Waals surface area contributed by atoms with Crippen LogP contribution in [0, 0.1) is 0 Å². The van der Waals surface area contributed by atoms with Gasteiger partial charge in [-0.25, -0.2) is 0 Å². The van der Waals surface area contributed by atoms with Crippen molar-refractivity contribution in [1.29, 1.82) is 0 Å².